The molecule has 0 aliphatic heterocycles. The Labute approximate surface area is 146 Å². The summed E-state index contributed by atoms with van der Waals surface area (Å²) in [7, 11) is 0. The number of hydrogen-bond donors (Lipinski definition) is 2. The Morgan fingerprint density at radius 2 is 1.60 bits per heavy atom. The van der Waals surface area contributed by atoms with Gasteiger partial charge in [0.25, 0.3) is 0 Å². The Morgan fingerprint density at radius 1 is 0.920 bits per heavy atom. The van der Waals surface area contributed by atoms with Gasteiger partial charge in [0.15, 0.2) is 0 Å². The molecule has 3 rings (SSSR count). The minimum absolute atomic E-state index is 0.209. The zero-order valence-electron chi connectivity index (χ0n) is 13.6. The number of carboxylic acid groups (broad SMARTS) is 1. The second-order valence-corrected chi connectivity index (χ2v) is 5.75. The summed E-state index contributed by atoms with van der Waals surface area (Å²) in [6.07, 6.45) is 0. The molecule has 4 heteroatoms. The molecule has 0 saturated heterocycles. The van der Waals surface area contributed by atoms with E-state index in [0.717, 1.165) is 22.4 Å². The lowest BCUT2D eigenvalue weighted by atomic mass is 10.00. The van der Waals surface area contributed by atoms with Crippen molar-refractivity contribution in [3.8, 4) is 5.75 Å². The Hall–Kier alpha value is -3.11. The van der Waals surface area contributed by atoms with Gasteiger partial charge in [-0.1, -0.05) is 54.6 Å². The Balaban J connectivity index is 1.68. The van der Waals surface area contributed by atoms with Gasteiger partial charge in [0, 0.05) is 0 Å². The highest BCUT2D eigenvalue weighted by atomic mass is 16.5. The quantitative estimate of drug-likeness (QED) is 0.715. The van der Waals surface area contributed by atoms with Crippen LogP contribution in [0, 0.1) is 0 Å². The summed E-state index contributed by atoms with van der Waals surface area (Å²) in [4.78, 5) is 10.9. The number of carbonyl (C=O) groups is 1. The normalized spacial score (nSPS) is 11.7. The van der Waals surface area contributed by atoms with Gasteiger partial charge in [0.05, 0.1) is 11.6 Å². The maximum atomic E-state index is 10.9. The van der Waals surface area contributed by atoms with Crippen LogP contribution in [-0.2, 0) is 6.61 Å². The predicted octanol–water partition coefficient (Wildman–Crippen LogP) is 4.01. The van der Waals surface area contributed by atoms with Gasteiger partial charge in [0.1, 0.15) is 12.4 Å². The molecule has 0 fully saturated rings. The van der Waals surface area contributed by atoms with Gasteiger partial charge in [-0.25, -0.2) is 4.79 Å². The van der Waals surface area contributed by atoms with Crippen molar-refractivity contribution in [3.05, 3.63) is 101 Å². The smallest absolute Gasteiger partial charge is 0.335 e. The SMILES string of the molecule is NC(c1ccccc1)c1cccc(OCc2ccc(C(=O)O)cc2)c1. The summed E-state index contributed by atoms with van der Waals surface area (Å²) in [5.74, 6) is -0.207. The highest BCUT2D eigenvalue weighted by molar-refractivity contribution is 5.87. The average molecular weight is 333 g/mol. The number of hydrogen-bond acceptors (Lipinski definition) is 3. The maximum absolute atomic E-state index is 10.9. The predicted molar refractivity (Wildman–Crippen MR) is 96.6 cm³/mol. The molecule has 0 amide bonds. The number of aromatic carboxylic acids is 1. The fraction of sp³-hybridized carbons (Fsp3) is 0.0952. The Kier molecular flexibility index (Phi) is 5.11. The molecule has 0 radical (unpaired) electrons. The van der Waals surface area contributed by atoms with E-state index in [1.807, 2.05) is 54.6 Å². The van der Waals surface area contributed by atoms with Gasteiger partial charge in [0.2, 0.25) is 0 Å². The van der Waals surface area contributed by atoms with Crippen LogP contribution in [0.4, 0.5) is 0 Å². The average Bonchev–Trinajstić information content (AvgIpc) is 2.67. The van der Waals surface area contributed by atoms with E-state index < -0.39 is 5.97 Å². The molecule has 1 unspecified atom stereocenters. The Morgan fingerprint density at radius 3 is 2.28 bits per heavy atom. The second-order valence-electron chi connectivity index (χ2n) is 5.75. The first kappa shape index (κ1) is 16.7. The molecule has 0 aliphatic rings. The van der Waals surface area contributed by atoms with E-state index in [1.54, 1.807) is 24.3 Å². The molecule has 0 aliphatic carbocycles. The van der Waals surface area contributed by atoms with Gasteiger partial charge < -0.3 is 15.6 Å². The van der Waals surface area contributed by atoms with E-state index in [4.69, 9.17) is 15.6 Å². The van der Waals surface area contributed by atoms with Crippen LogP contribution >= 0.6 is 0 Å². The number of nitrogens with two attached hydrogens (primary N) is 1. The lowest BCUT2D eigenvalue weighted by molar-refractivity contribution is 0.0697. The second kappa shape index (κ2) is 7.64. The van der Waals surface area contributed by atoms with Crippen LogP contribution in [0.3, 0.4) is 0 Å². The topological polar surface area (TPSA) is 72.5 Å². The number of carboxylic acids is 1. The van der Waals surface area contributed by atoms with Crippen LogP contribution < -0.4 is 10.5 Å². The third-order valence-electron chi connectivity index (χ3n) is 3.98. The molecule has 3 aromatic carbocycles. The first-order valence-electron chi connectivity index (χ1n) is 7.99. The molecule has 1 atom stereocenters. The number of rotatable bonds is 6. The van der Waals surface area contributed by atoms with Gasteiger partial charge in [-0.15, -0.1) is 0 Å². The first-order valence-corrected chi connectivity index (χ1v) is 7.99. The number of benzene rings is 3. The van der Waals surface area contributed by atoms with E-state index in [9.17, 15) is 4.79 Å². The molecule has 0 aromatic heterocycles. The molecule has 4 nitrogen and oxygen atoms in total. The number of ether oxygens (including phenoxy) is 1. The summed E-state index contributed by atoms with van der Waals surface area (Å²) in [5.41, 5.74) is 9.52. The summed E-state index contributed by atoms with van der Waals surface area (Å²) < 4.78 is 5.82. The monoisotopic (exact) mass is 333 g/mol. The molecular weight excluding hydrogens is 314 g/mol. The Bertz CT molecular complexity index is 845. The van der Waals surface area contributed by atoms with Crippen LogP contribution in [0.5, 0.6) is 5.75 Å². The summed E-state index contributed by atoms with van der Waals surface area (Å²) >= 11 is 0. The van der Waals surface area contributed by atoms with Gasteiger partial charge in [-0.05, 0) is 41.0 Å². The molecule has 3 N–H and O–H groups in total. The minimum atomic E-state index is -0.935. The molecule has 25 heavy (non-hydrogen) atoms. The molecule has 0 bridgehead atoms. The zero-order chi connectivity index (χ0) is 17.6. The fourth-order valence-corrected chi connectivity index (χ4v) is 2.56. The summed E-state index contributed by atoms with van der Waals surface area (Å²) in [6.45, 7) is 0.365. The standard InChI is InChI=1S/C21H19NO3/c22-20(16-5-2-1-3-6-16)18-7-4-8-19(13-18)25-14-15-9-11-17(12-10-15)21(23)24/h1-13,20H,14,22H2,(H,23,24). The van der Waals surface area contributed by atoms with E-state index in [0.29, 0.717) is 6.61 Å². The first-order chi connectivity index (χ1) is 12.1. The summed E-state index contributed by atoms with van der Waals surface area (Å²) in [6, 6.07) is 24.1. The van der Waals surface area contributed by atoms with Crippen molar-refractivity contribution >= 4 is 5.97 Å². The van der Waals surface area contributed by atoms with Crippen molar-refractivity contribution in [3.63, 3.8) is 0 Å². The van der Waals surface area contributed by atoms with E-state index in [1.165, 1.54) is 0 Å². The van der Waals surface area contributed by atoms with Crippen LogP contribution in [0.2, 0.25) is 0 Å². The molecule has 0 saturated carbocycles. The largest absolute Gasteiger partial charge is 0.489 e. The lowest BCUT2D eigenvalue weighted by Gasteiger charge is -2.14. The van der Waals surface area contributed by atoms with Crippen LogP contribution in [0.15, 0.2) is 78.9 Å². The van der Waals surface area contributed by atoms with E-state index in [2.05, 4.69) is 0 Å². The van der Waals surface area contributed by atoms with Crippen molar-refractivity contribution in [1.82, 2.24) is 0 Å². The minimum Gasteiger partial charge on any atom is -0.489 e. The van der Waals surface area contributed by atoms with Crippen molar-refractivity contribution in [1.29, 1.82) is 0 Å². The van der Waals surface area contributed by atoms with Crippen molar-refractivity contribution in [2.45, 2.75) is 12.6 Å². The third kappa shape index (κ3) is 4.25. The highest BCUT2D eigenvalue weighted by Gasteiger charge is 2.09. The molecule has 126 valence electrons. The molecule has 0 spiro atoms. The van der Waals surface area contributed by atoms with Gasteiger partial charge in [-0.3, -0.25) is 0 Å². The van der Waals surface area contributed by atoms with Gasteiger partial charge >= 0.3 is 5.97 Å². The van der Waals surface area contributed by atoms with Gasteiger partial charge in [-0.2, -0.15) is 0 Å². The molecule has 3 aromatic rings. The van der Waals surface area contributed by atoms with Crippen LogP contribution in [0.25, 0.3) is 0 Å². The third-order valence-corrected chi connectivity index (χ3v) is 3.98. The van der Waals surface area contributed by atoms with Crippen LogP contribution in [-0.4, -0.2) is 11.1 Å². The van der Waals surface area contributed by atoms with Crippen molar-refractivity contribution in [2.24, 2.45) is 5.73 Å². The van der Waals surface area contributed by atoms with E-state index in [-0.39, 0.29) is 11.6 Å². The molecular formula is C21H19NO3. The highest BCUT2D eigenvalue weighted by Crippen LogP contribution is 2.23. The summed E-state index contributed by atoms with van der Waals surface area (Å²) in [5, 5.41) is 8.92. The lowest BCUT2D eigenvalue weighted by Crippen LogP contribution is -2.11. The van der Waals surface area contributed by atoms with Crippen molar-refractivity contribution < 1.29 is 14.6 Å². The zero-order valence-corrected chi connectivity index (χ0v) is 13.6. The van der Waals surface area contributed by atoms with Crippen molar-refractivity contribution in [2.75, 3.05) is 0 Å². The maximum Gasteiger partial charge on any atom is 0.335 e. The molecule has 0 heterocycles. The van der Waals surface area contributed by atoms with Crippen LogP contribution in [0.1, 0.15) is 33.1 Å². The van der Waals surface area contributed by atoms with E-state index >= 15 is 0 Å². The fourth-order valence-electron chi connectivity index (χ4n) is 2.56.